The van der Waals surface area contributed by atoms with Crippen LogP contribution in [0.1, 0.15) is 22.8 Å². The Kier molecular flexibility index (Phi) is 4.39. The third-order valence-electron chi connectivity index (χ3n) is 2.71. The van der Waals surface area contributed by atoms with Crippen molar-refractivity contribution in [3.8, 4) is 0 Å². The molecule has 1 N–H and O–H groups in total. The smallest absolute Gasteiger partial charge is 0.252 e. The van der Waals surface area contributed by atoms with E-state index < -0.39 is 8.07 Å². The van der Waals surface area contributed by atoms with Crippen LogP contribution < -0.4 is 10.5 Å². The van der Waals surface area contributed by atoms with Crippen LogP contribution in [0.2, 0.25) is 24.7 Å². The molecule has 94 valence electrons. The highest BCUT2D eigenvalue weighted by Crippen LogP contribution is 2.21. The predicted molar refractivity (Wildman–Crippen MR) is 77.2 cm³/mol. The van der Waals surface area contributed by atoms with Crippen LogP contribution in [0.4, 0.5) is 0 Å². The van der Waals surface area contributed by atoms with Gasteiger partial charge in [-0.05, 0) is 24.6 Å². The fourth-order valence-electron chi connectivity index (χ4n) is 1.78. The average Bonchev–Trinajstić information content (AvgIpc) is 2.20. The first-order chi connectivity index (χ1) is 7.79. The summed E-state index contributed by atoms with van der Waals surface area (Å²) in [7, 11) is -1.57. The Balaban J connectivity index is 3.42. The summed E-state index contributed by atoms with van der Waals surface area (Å²) < 4.78 is 0. The fourth-order valence-corrected chi connectivity index (χ4v) is 3.68. The molecule has 2 nitrogen and oxygen atoms in total. The van der Waals surface area contributed by atoms with Crippen LogP contribution >= 0.6 is 11.6 Å². The van der Waals surface area contributed by atoms with Crippen molar-refractivity contribution in [3.63, 3.8) is 0 Å². The molecule has 0 spiro atoms. The van der Waals surface area contributed by atoms with Gasteiger partial charge >= 0.3 is 0 Å². The minimum absolute atomic E-state index is 0.0568. The lowest BCUT2D eigenvalue weighted by Gasteiger charge is -2.22. The standard InChI is InChI=1S/C13H20ClNOSi/c1-6-15-13(16)11-10(17(3,4)5)8-7-9(2)12(11)14/h7-8H,6H2,1-5H3,(H,15,16). The van der Waals surface area contributed by atoms with Crippen LogP contribution in [0.25, 0.3) is 0 Å². The highest BCUT2D eigenvalue weighted by atomic mass is 35.5. The quantitative estimate of drug-likeness (QED) is 0.840. The maximum Gasteiger partial charge on any atom is 0.252 e. The normalized spacial score (nSPS) is 11.4. The van der Waals surface area contributed by atoms with Crippen molar-refractivity contribution in [1.29, 1.82) is 0 Å². The number of aryl methyl sites for hydroxylation is 1. The van der Waals surface area contributed by atoms with Crippen molar-refractivity contribution in [1.82, 2.24) is 5.32 Å². The number of halogens is 1. The van der Waals surface area contributed by atoms with Crippen LogP contribution in [0, 0.1) is 6.92 Å². The van der Waals surface area contributed by atoms with E-state index >= 15 is 0 Å². The number of nitrogens with one attached hydrogen (secondary N) is 1. The van der Waals surface area contributed by atoms with Crippen molar-refractivity contribution in [3.05, 3.63) is 28.3 Å². The Labute approximate surface area is 109 Å². The molecule has 4 heteroatoms. The molecule has 0 radical (unpaired) electrons. The summed E-state index contributed by atoms with van der Waals surface area (Å²) in [6.07, 6.45) is 0. The second kappa shape index (κ2) is 5.23. The lowest BCUT2D eigenvalue weighted by atomic mass is 10.1. The number of carbonyl (C=O) groups excluding carboxylic acids is 1. The minimum Gasteiger partial charge on any atom is -0.352 e. The van der Waals surface area contributed by atoms with Gasteiger partial charge in [0.25, 0.3) is 5.91 Å². The molecule has 0 saturated carbocycles. The Morgan fingerprint density at radius 2 is 1.94 bits per heavy atom. The average molecular weight is 270 g/mol. The highest BCUT2D eigenvalue weighted by Gasteiger charge is 2.25. The Bertz CT molecular complexity index is 438. The molecular weight excluding hydrogens is 250 g/mol. The minimum atomic E-state index is -1.57. The zero-order chi connectivity index (χ0) is 13.2. The summed E-state index contributed by atoms with van der Waals surface area (Å²) in [5.41, 5.74) is 1.63. The maximum absolute atomic E-state index is 12.1. The lowest BCUT2D eigenvalue weighted by Crippen LogP contribution is -2.43. The maximum atomic E-state index is 12.1. The Hall–Kier alpha value is -0.803. The fraction of sp³-hybridized carbons (Fsp3) is 0.462. The summed E-state index contributed by atoms with van der Waals surface area (Å²) in [5.74, 6) is -0.0568. The number of carbonyl (C=O) groups is 1. The van der Waals surface area contributed by atoms with Gasteiger partial charge in [-0.15, -0.1) is 0 Å². The highest BCUT2D eigenvalue weighted by molar-refractivity contribution is 6.89. The zero-order valence-corrected chi connectivity index (χ0v) is 12.9. The van der Waals surface area contributed by atoms with Gasteiger partial charge in [0.1, 0.15) is 0 Å². The van der Waals surface area contributed by atoms with E-state index in [-0.39, 0.29) is 5.91 Å². The van der Waals surface area contributed by atoms with Crippen LogP contribution in [0.15, 0.2) is 12.1 Å². The number of rotatable bonds is 3. The third kappa shape index (κ3) is 3.10. The monoisotopic (exact) mass is 269 g/mol. The number of benzene rings is 1. The molecule has 0 fully saturated rings. The van der Waals surface area contributed by atoms with Gasteiger partial charge < -0.3 is 5.32 Å². The van der Waals surface area contributed by atoms with Crippen LogP contribution in [0.3, 0.4) is 0 Å². The Morgan fingerprint density at radius 3 is 2.41 bits per heavy atom. The third-order valence-corrected chi connectivity index (χ3v) is 5.23. The number of hydrogen-bond donors (Lipinski definition) is 1. The summed E-state index contributed by atoms with van der Waals surface area (Å²) in [4.78, 5) is 12.1. The van der Waals surface area contributed by atoms with Crippen molar-refractivity contribution >= 4 is 30.8 Å². The first-order valence-electron chi connectivity index (χ1n) is 5.86. The molecule has 0 heterocycles. The Morgan fingerprint density at radius 1 is 1.35 bits per heavy atom. The van der Waals surface area contributed by atoms with E-state index in [0.29, 0.717) is 17.1 Å². The van der Waals surface area contributed by atoms with E-state index in [0.717, 1.165) is 10.8 Å². The van der Waals surface area contributed by atoms with Crippen molar-refractivity contribution < 1.29 is 4.79 Å². The van der Waals surface area contributed by atoms with E-state index in [1.54, 1.807) is 0 Å². The van der Waals surface area contributed by atoms with Crippen molar-refractivity contribution in [2.24, 2.45) is 0 Å². The molecule has 0 unspecified atom stereocenters. The molecule has 1 rings (SSSR count). The van der Waals surface area contributed by atoms with Crippen LogP contribution in [0.5, 0.6) is 0 Å². The molecule has 0 aromatic heterocycles. The molecular formula is C13H20ClNOSi. The van der Waals surface area contributed by atoms with E-state index in [4.69, 9.17) is 11.6 Å². The van der Waals surface area contributed by atoms with Gasteiger partial charge in [-0.1, -0.05) is 43.4 Å². The molecule has 1 amide bonds. The summed E-state index contributed by atoms with van der Waals surface area (Å²) in [6.45, 7) is 11.1. The van der Waals surface area contributed by atoms with Gasteiger partial charge in [0.15, 0.2) is 0 Å². The van der Waals surface area contributed by atoms with Crippen molar-refractivity contribution in [2.45, 2.75) is 33.5 Å². The second-order valence-corrected chi connectivity index (χ2v) is 10.6. The molecule has 0 bridgehead atoms. The van der Waals surface area contributed by atoms with E-state index in [2.05, 4.69) is 31.0 Å². The molecule has 0 atom stereocenters. The molecule has 1 aromatic carbocycles. The molecule has 0 aliphatic rings. The molecule has 17 heavy (non-hydrogen) atoms. The molecule has 0 saturated heterocycles. The molecule has 0 aliphatic heterocycles. The van der Waals surface area contributed by atoms with Gasteiger partial charge in [-0.2, -0.15) is 0 Å². The number of amides is 1. The van der Waals surface area contributed by atoms with Gasteiger partial charge in [0.2, 0.25) is 0 Å². The second-order valence-electron chi connectivity index (χ2n) is 5.23. The van der Waals surface area contributed by atoms with Crippen LogP contribution in [-0.2, 0) is 0 Å². The topological polar surface area (TPSA) is 29.1 Å². The summed E-state index contributed by atoms with van der Waals surface area (Å²) in [5, 5.41) is 4.56. The van der Waals surface area contributed by atoms with Gasteiger partial charge in [-0.3, -0.25) is 4.79 Å². The predicted octanol–water partition coefficient (Wildman–Crippen LogP) is 2.94. The van der Waals surface area contributed by atoms with E-state index in [9.17, 15) is 4.79 Å². The summed E-state index contributed by atoms with van der Waals surface area (Å²) in [6, 6.07) is 4.05. The SMILES string of the molecule is CCNC(=O)c1c([Si](C)(C)C)ccc(C)c1Cl. The van der Waals surface area contributed by atoms with Crippen molar-refractivity contribution in [2.75, 3.05) is 6.54 Å². The molecule has 1 aromatic rings. The molecule has 0 aliphatic carbocycles. The number of hydrogen-bond acceptors (Lipinski definition) is 1. The first-order valence-corrected chi connectivity index (χ1v) is 9.74. The van der Waals surface area contributed by atoms with E-state index in [1.165, 1.54) is 0 Å². The van der Waals surface area contributed by atoms with Crippen LogP contribution in [-0.4, -0.2) is 20.5 Å². The van der Waals surface area contributed by atoms with Gasteiger partial charge in [0, 0.05) is 6.54 Å². The van der Waals surface area contributed by atoms with E-state index in [1.807, 2.05) is 19.9 Å². The van der Waals surface area contributed by atoms with Gasteiger partial charge in [-0.25, -0.2) is 0 Å². The summed E-state index contributed by atoms with van der Waals surface area (Å²) >= 11 is 6.30. The first kappa shape index (κ1) is 14.3. The van der Waals surface area contributed by atoms with Gasteiger partial charge in [0.05, 0.1) is 18.7 Å². The lowest BCUT2D eigenvalue weighted by molar-refractivity contribution is 0.0957. The zero-order valence-electron chi connectivity index (χ0n) is 11.1. The largest absolute Gasteiger partial charge is 0.352 e.